The smallest absolute Gasteiger partial charge is 0.122 e. The van der Waals surface area contributed by atoms with Gasteiger partial charge in [-0.2, -0.15) is 0 Å². The largest absolute Gasteiger partial charge is 0.494 e. The van der Waals surface area contributed by atoms with Gasteiger partial charge in [0.1, 0.15) is 5.75 Å². The van der Waals surface area contributed by atoms with Gasteiger partial charge in [-0.05, 0) is 81.0 Å². The molecular weight excluding hydrogens is 262 g/mol. The third-order valence-electron chi connectivity index (χ3n) is 4.90. The van der Waals surface area contributed by atoms with Gasteiger partial charge in [0.2, 0.25) is 0 Å². The van der Waals surface area contributed by atoms with E-state index in [4.69, 9.17) is 10.5 Å². The molecule has 0 saturated heterocycles. The van der Waals surface area contributed by atoms with Crippen molar-refractivity contribution in [3.05, 3.63) is 29.3 Å². The Morgan fingerprint density at radius 1 is 1.29 bits per heavy atom. The Balaban J connectivity index is 2.09. The molecule has 1 atom stereocenters. The molecule has 1 saturated carbocycles. The molecule has 0 bridgehead atoms. The number of aryl methyl sites for hydroxylation is 1. The predicted molar refractivity (Wildman–Crippen MR) is 86.7 cm³/mol. The molecule has 1 aliphatic rings. The van der Waals surface area contributed by atoms with Crippen molar-refractivity contribution in [1.29, 1.82) is 0 Å². The zero-order valence-electron chi connectivity index (χ0n) is 13.3. The van der Waals surface area contributed by atoms with E-state index in [2.05, 4.69) is 25.1 Å². The third kappa shape index (κ3) is 3.98. The predicted octanol–water partition coefficient (Wildman–Crippen LogP) is 3.23. The molecule has 0 spiro atoms. The van der Waals surface area contributed by atoms with Gasteiger partial charge in [-0.25, -0.2) is 0 Å². The number of aliphatic hydroxyl groups excluding tert-OH is 1. The maximum Gasteiger partial charge on any atom is 0.122 e. The molecule has 118 valence electrons. The van der Waals surface area contributed by atoms with Crippen LogP contribution in [0, 0.1) is 18.8 Å². The Morgan fingerprint density at radius 3 is 2.52 bits per heavy atom. The standard InChI is InChI=1S/C18H29NO2/c1-3-21-18-9-8-16(10-13(18)2)17(11-19)15-6-4-14(12-20)5-7-15/h8-10,14-15,17,20H,3-7,11-12,19H2,1-2H3. The molecule has 2 rings (SSSR count). The number of aliphatic hydroxyl groups is 1. The highest BCUT2D eigenvalue weighted by molar-refractivity contribution is 5.38. The molecule has 3 N–H and O–H groups in total. The molecule has 0 heterocycles. The number of ether oxygens (including phenoxy) is 1. The highest BCUT2D eigenvalue weighted by Gasteiger charge is 2.27. The minimum atomic E-state index is 0.335. The van der Waals surface area contributed by atoms with E-state index in [0.29, 0.717) is 37.5 Å². The lowest BCUT2D eigenvalue weighted by Gasteiger charge is -2.33. The van der Waals surface area contributed by atoms with Crippen LogP contribution in [0.2, 0.25) is 0 Å². The summed E-state index contributed by atoms with van der Waals surface area (Å²) in [6, 6.07) is 6.49. The SMILES string of the molecule is CCOc1ccc(C(CN)C2CCC(CO)CC2)cc1C. The molecule has 1 fully saturated rings. The maximum atomic E-state index is 9.27. The minimum Gasteiger partial charge on any atom is -0.494 e. The summed E-state index contributed by atoms with van der Waals surface area (Å²) in [7, 11) is 0. The van der Waals surface area contributed by atoms with Crippen LogP contribution < -0.4 is 10.5 Å². The number of benzene rings is 1. The van der Waals surface area contributed by atoms with E-state index in [1.807, 2.05) is 6.92 Å². The fourth-order valence-electron chi connectivity index (χ4n) is 3.59. The Hall–Kier alpha value is -1.06. The van der Waals surface area contributed by atoms with Crippen molar-refractivity contribution in [2.45, 2.75) is 45.4 Å². The first-order valence-corrected chi connectivity index (χ1v) is 8.23. The second-order valence-corrected chi connectivity index (χ2v) is 6.26. The number of hydrogen-bond acceptors (Lipinski definition) is 3. The molecular formula is C18H29NO2. The average Bonchev–Trinajstić information content (AvgIpc) is 2.51. The Labute approximate surface area is 128 Å². The van der Waals surface area contributed by atoms with Gasteiger partial charge in [-0.3, -0.25) is 0 Å². The molecule has 0 amide bonds. The van der Waals surface area contributed by atoms with Crippen molar-refractivity contribution >= 4 is 0 Å². The first-order chi connectivity index (χ1) is 10.2. The summed E-state index contributed by atoms with van der Waals surface area (Å²) in [6.07, 6.45) is 4.63. The topological polar surface area (TPSA) is 55.5 Å². The van der Waals surface area contributed by atoms with E-state index in [1.54, 1.807) is 0 Å². The van der Waals surface area contributed by atoms with Gasteiger partial charge >= 0.3 is 0 Å². The fourth-order valence-corrected chi connectivity index (χ4v) is 3.59. The van der Waals surface area contributed by atoms with Gasteiger partial charge in [-0.15, -0.1) is 0 Å². The van der Waals surface area contributed by atoms with Crippen LogP contribution in [-0.4, -0.2) is 24.9 Å². The molecule has 1 aromatic rings. The van der Waals surface area contributed by atoms with Gasteiger partial charge in [0.25, 0.3) is 0 Å². The molecule has 0 aliphatic heterocycles. The van der Waals surface area contributed by atoms with Gasteiger partial charge < -0.3 is 15.6 Å². The van der Waals surface area contributed by atoms with Crippen molar-refractivity contribution in [3.8, 4) is 5.75 Å². The maximum absolute atomic E-state index is 9.27. The van der Waals surface area contributed by atoms with E-state index in [-0.39, 0.29) is 0 Å². The van der Waals surface area contributed by atoms with Gasteiger partial charge in [0.15, 0.2) is 0 Å². The van der Waals surface area contributed by atoms with Crippen molar-refractivity contribution in [1.82, 2.24) is 0 Å². The van der Waals surface area contributed by atoms with E-state index >= 15 is 0 Å². The van der Waals surface area contributed by atoms with Crippen molar-refractivity contribution in [2.75, 3.05) is 19.8 Å². The summed E-state index contributed by atoms with van der Waals surface area (Å²) in [5, 5.41) is 9.27. The van der Waals surface area contributed by atoms with Crippen molar-refractivity contribution in [3.63, 3.8) is 0 Å². The second-order valence-electron chi connectivity index (χ2n) is 6.26. The van der Waals surface area contributed by atoms with E-state index < -0.39 is 0 Å². The van der Waals surface area contributed by atoms with Gasteiger partial charge in [0.05, 0.1) is 6.61 Å². The van der Waals surface area contributed by atoms with Crippen LogP contribution >= 0.6 is 0 Å². The van der Waals surface area contributed by atoms with Crippen LogP contribution in [0.4, 0.5) is 0 Å². The van der Waals surface area contributed by atoms with Gasteiger partial charge in [-0.1, -0.05) is 12.1 Å². The monoisotopic (exact) mass is 291 g/mol. The van der Waals surface area contributed by atoms with Crippen LogP contribution in [0.3, 0.4) is 0 Å². The number of nitrogens with two attached hydrogens (primary N) is 1. The van der Waals surface area contributed by atoms with Crippen LogP contribution in [0.5, 0.6) is 5.75 Å². The zero-order chi connectivity index (χ0) is 15.2. The van der Waals surface area contributed by atoms with Crippen LogP contribution in [-0.2, 0) is 0 Å². The Morgan fingerprint density at radius 2 is 2.00 bits per heavy atom. The molecule has 1 aromatic carbocycles. The summed E-state index contributed by atoms with van der Waals surface area (Å²) >= 11 is 0. The summed E-state index contributed by atoms with van der Waals surface area (Å²) in [6.45, 7) is 5.84. The lowest BCUT2D eigenvalue weighted by atomic mass is 9.73. The lowest BCUT2D eigenvalue weighted by Crippen LogP contribution is -2.26. The third-order valence-corrected chi connectivity index (χ3v) is 4.90. The number of rotatable bonds is 6. The van der Waals surface area contributed by atoms with E-state index in [1.165, 1.54) is 24.0 Å². The van der Waals surface area contributed by atoms with Crippen LogP contribution in [0.15, 0.2) is 18.2 Å². The van der Waals surface area contributed by atoms with Crippen LogP contribution in [0.1, 0.15) is 49.7 Å². The summed E-state index contributed by atoms with van der Waals surface area (Å²) < 4.78 is 5.62. The molecule has 3 heteroatoms. The summed E-state index contributed by atoms with van der Waals surface area (Å²) in [5.74, 6) is 2.55. The molecule has 3 nitrogen and oxygen atoms in total. The fraction of sp³-hybridized carbons (Fsp3) is 0.667. The first kappa shape index (κ1) is 16.3. The normalized spacial score (nSPS) is 23.8. The minimum absolute atomic E-state index is 0.335. The zero-order valence-corrected chi connectivity index (χ0v) is 13.3. The second kappa shape index (κ2) is 7.81. The molecule has 0 aromatic heterocycles. The lowest BCUT2D eigenvalue weighted by molar-refractivity contribution is 0.158. The summed E-state index contributed by atoms with van der Waals surface area (Å²) in [4.78, 5) is 0. The molecule has 0 radical (unpaired) electrons. The first-order valence-electron chi connectivity index (χ1n) is 8.23. The summed E-state index contributed by atoms with van der Waals surface area (Å²) in [5.41, 5.74) is 8.60. The highest BCUT2D eigenvalue weighted by Crippen LogP contribution is 2.38. The molecule has 21 heavy (non-hydrogen) atoms. The van der Waals surface area contributed by atoms with Crippen LogP contribution in [0.25, 0.3) is 0 Å². The average molecular weight is 291 g/mol. The Bertz CT molecular complexity index is 439. The highest BCUT2D eigenvalue weighted by atomic mass is 16.5. The number of hydrogen-bond donors (Lipinski definition) is 2. The molecule has 1 unspecified atom stereocenters. The Kier molecular flexibility index (Phi) is 6.07. The van der Waals surface area contributed by atoms with Crippen molar-refractivity contribution < 1.29 is 9.84 Å². The van der Waals surface area contributed by atoms with E-state index in [9.17, 15) is 5.11 Å². The van der Waals surface area contributed by atoms with E-state index in [0.717, 1.165) is 18.6 Å². The quantitative estimate of drug-likeness (QED) is 0.846. The van der Waals surface area contributed by atoms with Gasteiger partial charge in [0, 0.05) is 6.61 Å². The molecule has 1 aliphatic carbocycles. The van der Waals surface area contributed by atoms with Crippen molar-refractivity contribution in [2.24, 2.45) is 17.6 Å².